The van der Waals surface area contributed by atoms with Crippen LogP contribution in [0.15, 0.2) is 29.2 Å². The Morgan fingerprint density at radius 3 is 2.36 bits per heavy atom. The molecule has 120 valence electrons. The maximum Gasteiger partial charge on any atom is 0.232 e. The van der Waals surface area contributed by atoms with E-state index in [2.05, 4.69) is 51.1 Å². The van der Waals surface area contributed by atoms with Crippen molar-refractivity contribution in [3.63, 3.8) is 0 Å². The summed E-state index contributed by atoms with van der Waals surface area (Å²) in [5, 5.41) is 8.87. The minimum atomic E-state index is -0.125. The van der Waals surface area contributed by atoms with Crippen LogP contribution < -0.4 is 0 Å². The molecular formula is C18H26N2OS. The lowest BCUT2D eigenvalue weighted by molar-refractivity contribution is -0.128. The quantitative estimate of drug-likeness (QED) is 0.742. The van der Waals surface area contributed by atoms with Crippen LogP contribution in [0.5, 0.6) is 0 Å². The van der Waals surface area contributed by atoms with Crippen LogP contribution in [-0.2, 0) is 10.2 Å². The van der Waals surface area contributed by atoms with E-state index in [1.807, 2.05) is 13.8 Å². The van der Waals surface area contributed by atoms with Crippen molar-refractivity contribution >= 4 is 17.7 Å². The average molecular weight is 318 g/mol. The van der Waals surface area contributed by atoms with Crippen LogP contribution in [0.25, 0.3) is 0 Å². The molecule has 0 radical (unpaired) electrons. The van der Waals surface area contributed by atoms with Gasteiger partial charge in [0.25, 0.3) is 0 Å². The topological polar surface area (TPSA) is 44.1 Å². The highest BCUT2D eigenvalue weighted by Gasteiger charge is 2.16. The molecule has 3 nitrogen and oxygen atoms in total. The van der Waals surface area contributed by atoms with E-state index < -0.39 is 0 Å². The maximum absolute atomic E-state index is 12.2. The Morgan fingerprint density at radius 1 is 1.32 bits per heavy atom. The molecule has 1 rings (SSSR count). The van der Waals surface area contributed by atoms with Gasteiger partial charge in [0.1, 0.15) is 0 Å². The molecule has 0 aliphatic carbocycles. The highest BCUT2D eigenvalue weighted by Crippen LogP contribution is 2.25. The van der Waals surface area contributed by atoms with Crippen LogP contribution in [0.4, 0.5) is 0 Å². The number of carbonyl (C=O) groups is 1. The summed E-state index contributed by atoms with van der Waals surface area (Å²) in [5.41, 5.74) is 1.44. The fraction of sp³-hybridized carbons (Fsp3) is 0.556. The van der Waals surface area contributed by atoms with E-state index >= 15 is 0 Å². The van der Waals surface area contributed by atoms with Crippen molar-refractivity contribution in [2.45, 2.75) is 44.9 Å². The Labute approximate surface area is 138 Å². The first kappa shape index (κ1) is 18.6. The van der Waals surface area contributed by atoms with Gasteiger partial charge < -0.3 is 4.90 Å². The summed E-state index contributed by atoms with van der Waals surface area (Å²) < 4.78 is 0. The highest BCUT2D eigenvalue weighted by molar-refractivity contribution is 8.00. The Hall–Kier alpha value is -1.47. The third-order valence-electron chi connectivity index (χ3n) is 3.53. The monoisotopic (exact) mass is 318 g/mol. The molecule has 0 fully saturated rings. The molecule has 0 aromatic heterocycles. The number of rotatable bonds is 6. The van der Waals surface area contributed by atoms with Crippen molar-refractivity contribution < 1.29 is 4.79 Å². The molecule has 1 unspecified atom stereocenters. The van der Waals surface area contributed by atoms with Crippen LogP contribution >= 0.6 is 11.8 Å². The molecule has 0 aliphatic heterocycles. The minimum Gasteiger partial charge on any atom is -0.341 e. The number of benzene rings is 1. The van der Waals surface area contributed by atoms with Crippen molar-refractivity contribution in [3.05, 3.63) is 29.8 Å². The molecule has 0 saturated carbocycles. The first-order chi connectivity index (χ1) is 10.3. The van der Waals surface area contributed by atoms with Gasteiger partial charge in [-0.2, -0.15) is 5.26 Å². The van der Waals surface area contributed by atoms with E-state index in [-0.39, 0.29) is 17.2 Å². The molecule has 1 atom stereocenters. The van der Waals surface area contributed by atoms with Gasteiger partial charge >= 0.3 is 0 Å². The van der Waals surface area contributed by atoms with Gasteiger partial charge in [-0.15, -0.1) is 11.8 Å². The second kappa shape index (κ2) is 8.24. The lowest BCUT2D eigenvalue weighted by Crippen LogP contribution is -2.35. The molecule has 1 aromatic carbocycles. The van der Waals surface area contributed by atoms with E-state index in [9.17, 15) is 4.79 Å². The maximum atomic E-state index is 12.2. The number of amides is 1. The van der Waals surface area contributed by atoms with E-state index in [1.54, 1.807) is 16.7 Å². The Bertz CT molecular complexity index is 526. The van der Waals surface area contributed by atoms with E-state index in [0.29, 0.717) is 18.8 Å². The second-order valence-corrected chi connectivity index (χ2v) is 7.57. The van der Waals surface area contributed by atoms with Crippen LogP contribution in [-0.4, -0.2) is 29.6 Å². The SMILES string of the molecule is CCN(CC(C)C#N)C(=O)CSc1ccc(C(C)(C)C)cc1. The molecule has 1 amide bonds. The number of nitriles is 1. The van der Waals surface area contributed by atoms with Gasteiger partial charge in [0, 0.05) is 18.0 Å². The number of carbonyl (C=O) groups excluding carboxylic acids is 1. The molecule has 4 heteroatoms. The zero-order valence-corrected chi connectivity index (χ0v) is 15.0. The fourth-order valence-corrected chi connectivity index (χ4v) is 2.87. The molecule has 0 aliphatic rings. The highest BCUT2D eigenvalue weighted by atomic mass is 32.2. The van der Waals surface area contributed by atoms with Gasteiger partial charge in [-0.1, -0.05) is 32.9 Å². The predicted molar refractivity (Wildman–Crippen MR) is 92.9 cm³/mol. The molecule has 0 heterocycles. The zero-order valence-electron chi connectivity index (χ0n) is 14.2. The van der Waals surface area contributed by atoms with Crippen molar-refractivity contribution in [1.82, 2.24) is 4.90 Å². The van der Waals surface area contributed by atoms with E-state index in [4.69, 9.17) is 5.26 Å². The first-order valence-electron chi connectivity index (χ1n) is 7.68. The van der Waals surface area contributed by atoms with Gasteiger partial charge in [0.05, 0.1) is 17.7 Å². The fourth-order valence-electron chi connectivity index (χ4n) is 2.07. The standard InChI is InChI=1S/C18H26N2OS/c1-6-20(12-14(2)11-19)17(21)13-22-16-9-7-15(8-10-16)18(3,4)5/h7-10,14H,6,12-13H2,1-5H3. The van der Waals surface area contributed by atoms with Gasteiger partial charge in [0.15, 0.2) is 0 Å². The normalized spacial score (nSPS) is 12.5. The lowest BCUT2D eigenvalue weighted by Gasteiger charge is -2.22. The van der Waals surface area contributed by atoms with Crippen molar-refractivity contribution in [1.29, 1.82) is 5.26 Å². The van der Waals surface area contributed by atoms with Crippen LogP contribution in [0.2, 0.25) is 0 Å². The van der Waals surface area contributed by atoms with Gasteiger partial charge in [-0.25, -0.2) is 0 Å². The van der Waals surface area contributed by atoms with Crippen molar-refractivity contribution in [2.24, 2.45) is 5.92 Å². The zero-order chi connectivity index (χ0) is 16.8. The minimum absolute atomic E-state index is 0.0921. The van der Waals surface area contributed by atoms with Crippen molar-refractivity contribution in [3.8, 4) is 6.07 Å². The third kappa shape index (κ3) is 5.73. The number of thioether (sulfide) groups is 1. The number of hydrogen-bond donors (Lipinski definition) is 0. The van der Waals surface area contributed by atoms with Gasteiger partial charge in [-0.05, 0) is 37.0 Å². The summed E-state index contributed by atoms with van der Waals surface area (Å²) in [5.74, 6) is 0.385. The van der Waals surface area contributed by atoms with Crippen LogP contribution in [0.3, 0.4) is 0 Å². The third-order valence-corrected chi connectivity index (χ3v) is 4.53. The van der Waals surface area contributed by atoms with Crippen LogP contribution in [0.1, 0.15) is 40.2 Å². The van der Waals surface area contributed by atoms with Gasteiger partial charge in [-0.3, -0.25) is 4.79 Å². The summed E-state index contributed by atoms with van der Waals surface area (Å²) in [7, 11) is 0. The first-order valence-corrected chi connectivity index (χ1v) is 8.67. The van der Waals surface area contributed by atoms with Gasteiger partial charge in [0.2, 0.25) is 5.91 Å². The summed E-state index contributed by atoms with van der Waals surface area (Å²) in [6.45, 7) is 11.5. The van der Waals surface area contributed by atoms with E-state index in [1.165, 1.54) is 5.56 Å². The van der Waals surface area contributed by atoms with E-state index in [0.717, 1.165) is 4.90 Å². The molecule has 0 spiro atoms. The Balaban J connectivity index is 2.58. The predicted octanol–water partition coefficient (Wildman–Crippen LogP) is 4.08. The van der Waals surface area contributed by atoms with Crippen LogP contribution in [0, 0.1) is 17.2 Å². The summed E-state index contributed by atoms with van der Waals surface area (Å²) >= 11 is 1.55. The number of hydrogen-bond acceptors (Lipinski definition) is 3. The molecule has 1 aromatic rings. The Kier molecular flexibility index (Phi) is 6.96. The molecule has 0 saturated heterocycles. The molecule has 0 N–H and O–H groups in total. The lowest BCUT2D eigenvalue weighted by atomic mass is 9.87. The second-order valence-electron chi connectivity index (χ2n) is 6.53. The largest absolute Gasteiger partial charge is 0.341 e. The summed E-state index contributed by atoms with van der Waals surface area (Å²) in [4.78, 5) is 15.1. The smallest absolute Gasteiger partial charge is 0.232 e. The molecular weight excluding hydrogens is 292 g/mol. The average Bonchev–Trinajstić information content (AvgIpc) is 2.49. The molecule has 0 bridgehead atoms. The Morgan fingerprint density at radius 2 is 1.91 bits per heavy atom. The summed E-state index contributed by atoms with van der Waals surface area (Å²) in [6, 6.07) is 10.6. The van der Waals surface area contributed by atoms with Crippen molar-refractivity contribution in [2.75, 3.05) is 18.8 Å². The number of nitrogens with zero attached hydrogens (tertiary/aromatic N) is 2. The summed E-state index contributed by atoms with van der Waals surface area (Å²) in [6.07, 6.45) is 0. The molecule has 22 heavy (non-hydrogen) atoms.